The zero-order valence-corrected chi connectivity index (χ0v) is 9.61. The molecule has 0 fully saturated rings. The number of fused-ring (bicyclic) bond motifs is 1. The van der Waals surface area contributed by atoms with Gasteiger partial charge in [0.15, 0.2) is 0 Å². The van der Waals surface area contributed by atoms with Crippen molar-refractivity contribution in [2.75, 3.05) is 0 Å². The largest absolute Gasteiger partial charge is 0.272 e. The van der Waals surface area contributed by atoms with Gasteiger partial charge in [-0.1, -0.05) is 29.8 Å². The Morgan fingerprint density at radius 2 is 1.88 bits per heavy atom. The highest BCUT2D eigenvalue weighted by Gasteiger charge is 2.06. The summed E-state index contributed by atoms with van der Waals surface area (Å²) < 4.78 is 1.74. The van der Waals surface area contributed by atoms with Crippen LogP contribution in [0.3, 0.4) is 0 Å². The Balaban J connectivity index is 2.35. The predicted molar refractivity (Wildman–Crippen MR) is 68.9 cm³/mol. The summed E-state index contributed by atoms with van der Waals surface area (Å²) in [6.07, 6.45) is 0. The fourth-order valence-electron chi connectivity index (χ4n) is 1.90. The second-order valence-corrected chi connectivity index (χ2v) is 4.21. The Morgan fingerprint density at radius 3 is 2.71 bits per heavy atom. The van der Waals surface area contributed by atoms with Gasteiger partial charge in [0.25, 0.3) is 5.56 Å². The van der Waals surface area contributed by atoms with Crippen LogP contribution in [-0.4, -0.2) is 9.78 Å². The van der Waals surface area contributed by atoms with Gasteiger partial charge in [0.05, 0.1) is 16.6 Å². The highest BCUT2D eigenvalue weighted by molar-refractivity contribution is 6.30. The van der Waals surface area contributed by atoms with E-state index in [0.717, 1.165) is 11.2 Å². The molecule has 3 aromatic rings. The molecule has 0 aliphatic carbocycles. The quantitative estimate of drug-likeness (QED) is 0.702. The summed E-state index contributed by atoms with van der Waals surface area (Å²) in [7, 11) is 0. The molecule has 3 rings (SSSR count). The molecule has 0 amide bonds. The van der Waals surface area contributed by atoms with Crippen molar-refractivity contribution in [2.45, 2.75) is 0 Å². The Hall–Kier alpha value is -2.00. The third kappa shape index (κ3) is 1.65. The monoisotopic (exact) mass is 244 g/mol. The standard InChI is InChI=1S/C13H9ClN2O/c14-9-4-3-5-10(8-9)16-12-7-2-1-6-11(12)13(17)15-16/h1-8H,(H,15,17). The summed E-state index contributed by atoms with van der Waals surface area (Å²) >= 11 is 5.95. The van der Waals surface area contributed by atoms with Crippen LogP contribution in [0.1, 0.15) is 0 Å². The van der Waals surface area contributed by atoms with E-state index in [1.165, 1.54) is 0 Å². The summed E-state index contributed by atoms with van der Waals surface area (Å²) in [6.45, 7) is 0. The average molecular weight is 245 g/mol. The first-order chi connectivity index (χ1) is 8.25. The van der Waals surface area contributed by atoms with Gasteiger partial charge in [-0.3, -0.25) is 14.6 Å². The maximum Gasteiger partial charge on any atom is 0.272 e. The van der Waals surface area contributed by atoms with Crippen molar-refractivity contribution < 1.29 is 0 Å². The van der Waals surface area contributed by atoms with Crippen molar-refractivity contribution in [1.29, 1.82) is 0 Å². The van der Waals surface area contributed by atoms with Crippen molar-refractivity contribution in [3.63, 3.8) is 0 Å². The van der Waals surface area contributed by atoms with E-state index in [1.54, 1.807) is 16.8 Å². The van der Waals surface area contributed by atoms with E-state index in [1.807, 2.05) is 36.4 Å². The van der Waals surface area contributed by atoms with Crippen molar-refractivity contribution >= 4 is 22.5 Å². The molecule has 0 atom stereocenters. The van der Waals surface area contributed by atoms with Gasteiger partial charge in [-0.25, -0.2) is 0 Å². The number of aromatic nitrogens is 2. The molecular formula is C13H9ClN2O. The maximum absolute atomic E-state index is 11.7. The van der Waals surface area contributed by atoms with Gasteiger partial charge in [0, 0.05) is 5.02 Å². The van der Waals surface area contributed by atoms with E-state index in [0.29, 0.717) is 10.4 Å². The highest BCUT2D eigenvalue weighted by Crippen LogP contribution is 2.18. The lowest BCUT2D eigenvalue weighted by Crippen LogP contribution is -2.03. The lowest BCUT2D eigenvalue weighted by atomic mass is 10.2. The van der Waals surface area contributed by atoms with E-state index < -0.39 is 0 Å². The van der Waals surface area contributed by atoms with Crippen LogP contribution >= 0.6 is 11.6 Å². The topological polar surface area (TPSA) is 37.8 Å². The second kappa shape index (κ2) is 3.79. The normalized spacial score (nSPS) is 10.9. The molecule has 1 N–H and O–H groups in total. The van der Waals surface area contributed by atoms with Crippen LogP contribution in [-0.2, 0) is 0 Å². The second-order valence-electron chi connectivity index (χ2n) is 3.77. The molecule has 17 heavy (non-hydrogen) atoms. The maximum atomic E-state index is 11.7. The van der Waals surface area contributed by atoms with Gasteiger partial charge in [-0.2, -0.15) is 0 Å². The van der Waals surface area contributed by atoms with E-state index >= 15 is 0 Å². The fraction of sp³-hybridized carbons (Fsp3) is 0. The number of benzene rings is 2. The predicted octanol–water partition coefficient (Wildman–Crippen LogP) is 2.97. The minimum Gasteiger partial charge on any atom is -0.267 e. The van der Waals surface area contributed by atoms with Crippen molar-refractivity contribution in [1.82, 2.24) is 9.78 Å². The number of nitrogens with one attached hydrogen (secondary N) is 1. The fourth-order valence-corrected chi connectivity index (χ4v) is 2.09. The van der Waals surface area contributed by atoms with Crippen molar-refractivity contribution in [3.05, 3.63) is 63.9 Å². The Morgan fingerprint density at radius 1 is 1.06 bits per heavy atom. The smallest absolute Gasteiger partial charge is 0.267 e. The van der Waals surface area contributed by atoms with Crippen molar-refractivity contribution in [3.8, 4) is 5.69 Å². The molecule has 0 unspecified atom stereocenters. The third-order valence-corrected chi connectivity index (χ3v) is 2.90. The van der Waals surface area contributed by atoms with Gasteiger partial charge in [0.1, 0.15) is 0 Å². The molecule has 0 bridgehead atoms. The Labute approximate surface area is 102 Å². The van der Waals surface area contributed by atoms with Crippen LogP contribution < -0.4 is 5.56 Å². The molecule has 1 aromatic heterocycles. The summed E-state index contributed by atoms with van der Waals surface area (Å²) in [5.41, 5.74) is 1.59. The average Bonchev–Trinajstić information content (AvgIpc) is 2.68. The first-order valence-corrected chi connectivity index (χ1v) is 5.59. The molecule has 0 radical (unpaired) electrons. The van der Waals surface area contributed by atoms with Gasteiger partial charge >= 0.3 is 0 Å². The molecule has 84 valence electrons. The number of hydrogen-bond acceptors (Lipinski definition) is 1. The lowest BCUT2D eigenvalue weighted by Gasteiger charge is -2.04. The number of halogens is 1. The molecule has 0 saturated carbocycles. The Bertz CT molecular complexity index is 742. The van der Waals surface area contributed by atoms with E-state index in [4.69, 9.17) is 11.6 Å². The number of para-hydroxylation sites is 1. The summed E-state index contributed by atoms with van der Waals surface area (Å²) in [6, 6.07) is 14.8. The van der Waals surface area contributed by atoms with Crippen LogP contribution in [0, 0.1) is 0 Å². The molecule has 0 spiro atoms. The molecule has 3 nitrogen and oxygen atoms in total. The first-order valence-electron chi connectivity index (χ1n) is 5.21. The van der Waals surface area contributed by atoms with E-state index in [-0.39, 0.29) is 5.56 Å². The molecule has 0 aliphatic heterocycles. The van der Waals surface area contributed by atoms with Crippen LogP contribution in [0.5, 0.6) is 0 Å². The SMILES string of the molecule is O=c1[nH]n(-c2cccc(Cl)c2)c2ccccc12. The lowest BCUT2D eigenvalue weighted by molar-refractivity contribution is 0.891. The van der Waals surface area contributed by atoms with Gasteiger partial charge in [-0.05, 0) is 30.3 Å². The number of rotatable bonds is 1. The van der Waals surface area contributed by atoms with E-state index in [9.17, 15) is 4.79 Å². The van der Waals surface area contributed by atoms with Crippen LogP contribution in [0.2, 0.25) is 5.02 Å². The van der Waals surface area contributed by atoms with E-state index in [2.05, 4.69) is 5.10 Å². The molecule has 0 aliphatic rings. The summed E-state index contributed by atoms with van der Waals surface area (Å²) in [5.74, 6) is 0. The number of hydrogen-bond donors (Lipinski definition) is 1. The molecule has 0 saturated heterocycles. The molecule has 2 aromatic carbocycles. The number of aromatic amines is 1. The summed E-state index contributed by atoms with van der Waals surface area (Å²) in [4.78, 5) is 11.7. The summed E-state index contributed by atoms with van der Waals surface area (Å²) in [5, 5.41) is 4.11. The third-order valence-electron chi connectivity index (χ3n) is 2.67. The zero-order valence-electron chi connectivity index (χ0n) is 8.85. The number of nitrogens with zero attached hydrogens (tertiary/aromatic N) is 1. The number of H-pyrrole nitrogens is 1. The van der Waals surface area contributed by atoms with Gasteiger partial charge in [-0.15, -0.1) is 0 Å². The minimum atomic E-state index is -0.0967. The van der Waals surface area contributed by atoms with Crippen LogP contribution in [0.25, 0.3) is 16.6 Å². The van der Waals surface area contributed by atoms with Crippen molar-refractivity contribution in [2.24, 2.45) is 0 Å². The molecule has 4 heteroatoms. The Kier molecular flexibility index (Phi) is 2.27. The molecular weight excluding hydrogens is 236 g/mol. The van der Waals surface area contributed by atoms with Gasteiger partial charge in [0.2, 0.25) is 0 Å². The highest BCUT2D eigenvalue weighted by atomic mass is 35.5. The van der Waals surface area contributed by atoms with Crippen LogP contribution in [0.4, 0.5) is 0 Å². The van der Waals surface area contributed by atoms with Crippen LogP contribution in [0.15, 0.2) is 53.3 Å². The zero-order chi connectivity index (χ0) is 11.8. The van der Waals surface area contributed by atoms with Gasteiger partial charge < -0.3 is 0 Å². The minimum absolute atomic E-state index is 0.0967. The first kappa shape index (κ1) is 10.2. The molecule has 1 heterocycles.